The van der Waals surface area contributed by atoms with Gasteiger partial charge in [-0.25, -0.2) is 0 Å². The first-order chi connectivity index (χ1) is 9.92. The summed E-state index contributed by atoms with van der Waals surface area (Å²) >= 11 is 0. The van der Waals surface area contributed by atoms with Gasteiger partial charge < -0.3 is 9.84 Å². The minimum absolute atomic E-state index is 0.0933. The van der Waals surface area contributed by atoms with Crippen molar-refractivity contribution in [3.63, 3.8) is 0 Å². The van der Waals surface area contributed by atoms with Crippen LogP contribution in [-0.2, 0) is 6.42 Å². The SMILES string of the molecule is CCc1ccccc1C(O)c1ccccc1OC(F)(F)F. The van der Waals surface area contributed by atoms with Crippen molar-refractivity contribution in [1.29, 1.82) is 0 Å². The third kappa shape index (κ3) is 3.76. The predicted octanol–water partition coefficient (Wildman–Crippen LogP) is 4.23. The molecule has 0 aromatic heterocycles. The molecule has 1 unspecified atom stereocenters. The first kappa shape index (κ1) is 15.4. The van der Waals surface area contributed by atoms with Gasteiger partial charge in [0.15, 0.2) is 0 Å². The summed E-state index contributed by atoms with van der Waals surface area (Å²) in [7, 11) is 0. The molecule has 112 valence electrons. The number of halogens is 3. The van der Waals surface area contributed by atoms with Crippen LogP contribution >= 0.6 is 0 Å². The number of para-hydroxylation sites is 1. The summed E-state index contributed by atoms with van der Waals surface area (Å²) < 4.78 is 41.3. The Bertz CT molecular complexity index is 608. The average molecular weight is 296 g/mol. The number of alkyl halides is 3. The van der Waals surface area contributed by atoms with Crippen LogP contribution in [0.2, 0.25) is 0 Å². The van der Waals surface area contributed by atoms with E-state index in [1.54, 1.807) is 18.2 Å². The van der Waals surface area contributed by atoms with Crippen molar-refractivity contribution in [3.05, 3.63) is 65.2 Å². The molecule has 2 nitrogen and oxygen atoms in total. The zero-order valence-electron chi connectivity index (χ0n) is 11.4. The van der Waals surface area contributed by atoms with E-state index in [9.17, 15) is 18.3 Å². The third-order valence-electron chi connectivity index (χ3n) is 3.17. The highest BCUT2D eigenvalue weighted by Crippen LogP contribution is 2.34. The number of rotatable bonds is 4. The Morgan fingerprint density at radius 2 is 1.57 bits per heavy atom. The second kappa shape index (κ2) is 6.18. The van der Waals surface area contributed by atoms with Crippen molar-refractivity contribution < 1.29 is 23.0 Å². The van der Waals surface area contributed by atoms with Gasteiger partial charge in [-0.15, -0.1) is 13.2 Å². The second-order valence-corrected chi connectivity index (χ2v) is 4.54. The molecule has 1 atom stereocenters. The summed E-state index contributed by atoms with van der Waals surface area (Å²) in [4.78, 5) is 0. The highest BCUT2D eigenvalue weighted by Gasteiger charge is 2.33. The zero-order chi connectivity index (χ0) is 15.5. The van der Waals surface area contributed by atoms with Gasteiger partial charge in [0.05, 0.1) is 0 Å². The summed E-state index contributed by atoms with van der Waals surface area (Å²) in [6.45, 7) is 1.92. The molecular weight excluding hydrogens is 281 g/mol. The molecule has 0 fully saturated rings. The molecule has 21 heavy (non-hydrogen) atoms. The average Bonchev–Trinajstić information content (AvgIpc) is 2.45. The van der Waals surface area contributed by atoms with E-state index in [1.165, 1.54) is 18.2 Å². The zero-order valence-corrected chi connectivity index (χ0v) is 11.4. The topological polar surface area (TPSA) is 29.5 Å². The van der Waals surface area contributed by atoms with Crippen LogP contribution in [0.25, 0.3) is 0 Å². The Kier molecular flexibility index (Phi) is 4.53. The van der Waals surface area contributed by atoms with E-state index in [-0.39, 0.29) is 11.3 Å². The van der Waals surface area contributed by atoms with Gasteiger partial charge in [0.2, 0.25) is 0 Å². The van der Waals surface area contributed by atoms with E-state index in [2.05, 4.69) is 4.74 Å². The Morgan fingerprint density at radius 3 is 2.19 bits per heavy atom. The molecule has 0 bridgehead atoms. The first-order valence-electron chi connectivity index (χ1n) is 6.53. The lowest BCUT2D eigenvalue weighted by molar-refractivity contribution is -0.275. The predicted molar refractivity (Wildman–Crippen MR) is 73.0 cm³/mol. The first-order valence-corrected chi connectivity index (χ1v) is 6.53. The molecule has 0 saturated carbocycles. The van der Waals surface area contributed by atoms with E-state index in [4.69, 9.17) is 0 Å². The molecule has 2 aromatic rings. The van der Waals surface area contributed by atoms with E-state index < -0.39 is 12.5 Å². The van der Waals surface area contributed by atoms with Gasteiger partial charge in [-0.3, -0.25) is 0 Å². The number of ether oxygens (including phenoxy) is 1. The second-order valence-electron chi connectivity index (χ2n) is 4.54. The smallest absolute Gasteiger partial charge is 0.405 e. The van der Waals surface area contributed by atoms with Gasteiger partial charge in [0.25, 0.3) is 0 Å². The molecule has 0 aliphatic heterocycles. The summed E-state index contributed by atoms with van der Waals surface area (Å²) in [5.41, 5.74) is 1.56. The molecule has 0 amide bonds. The van der Waals surface area contributed by atoms with E-state index in [0.717, 1.165) is 5.56 Å². The Hall–Kier alpha value is -2.01. The largest absolute Gasteiger partial charge is 0.573 e. The standard InChI is InChI=1S/C16H15F3O2/c1-2-11-7-3-4-8-12(11)15(20)13-9-5-6-10-14(13)21-16(17,18)19/h3-10,15,20H,2H2,1H3. The summed E-state index contributed by atoms with van der Waals surface area (Å²) in [5, 5.41) is 10.4. The fraction of sp³-hybridized carbons (Fsp3) is 0.250. The Labute approximate surface area is 120 Å². The molecule has 2 rings (SSSR count). The maximum absolute atomic E-state index is 12.4. The maximum Gasteiger partial charge on any atom is 0.573 e. The van der Waals surface area contributed by atoms with Crippen molar-refractivity contribution >= 4 is 0 Å². The van der Waals surface area contributed by atoms with Crippen LogP contribution in [0, 0.1) is 0 Å². The number of aryl methyl sites for hydroxylation is 1. The molecule has 0 heterocycles. The van der Waals surface area contributed by atoms with Gasteiger partial charge in [-0.05, 0) is 23.6 Å². The molecule has 1 N–H and O–H groups in total. The van der Waals surface area contributed by atoms with Crippen molar-refractivity contribution in [2.75, 3.05) is 0 Å². The molecule has 2 aromatic carbocycles. The molecule has 0 saturated heterocycles. The summed E-state index contributed by atoms with van der Waals surface area (Å²) in [6.07, 6.45) is -5.28. The molecular formula is C16H15F3O2. The van der Waals surface area contributed by atoms with Crippen molar-refractivity contribution in [2.45, 2.75) is 25.8 Å². The van der Waals surface area contributed by atoms with E-state index in [0.29, 0.717) is 12.0 Å². The Balaban J connectivity index is 2.42. The molecule has 0 radical (unpaired) electrons. The van der Waals surface area contributed by atoms with E-state index in [1.807, 2.05) is 19.1 Å². The highest BCUT2D eigenvalue weighted by molar-refractivity contribution is 5.42. The lowest BCUT2D eigenvalue weighted by atomic mass is 9.95. The quantitative estimate of drug-likeness (QED) is 0.915. The number of aliphatic hydroxyl groups excluding tert-OH is 1. The van der Waals surface area contributed by atoms with Crippen LogP contribution in [0.15, 0.2) is 48.5 Å². The van der Waals surface area contributed by atoms with Gasteiger partial charge >= 0.3 is 6.36 Å². The van der Waals surface area contributed by atoms with Crippen molar-refractivity contribution in [1.82, 2.24) is 0 Å². The number of hydrogen-bond donors (Lipinski definition) is 1. The normalized spacial score (nSPS) is 13.0. The van der Waals surface area contributed by atoms with Crippen LogP contribution in [0.4, 0.5) is 13.2 Å². The molecule has 0 spiro atoms. The number of aliphatic hydroxyl groups is 1. The highest BCUT2D eigenvalue weighted by atomic mass is 19.4. The van der Waals surface area contributed by atoms with Crippen molar-refractivity contribution in [3.8, 4) is 5.75 Å². The minimum Gasteiger partial charge on any atom is -0.405 e. The fourth-order valence-corrected chi connectivity index (χ4v) is 2.21. The van der Waals surface area contributed by atoms with Crippen LogP contribution in [0.3, 0.4) is 0 Å². The molecule has 5 heteroatoms. The van der Waals surface area contributed by atoms with Gasteiger partial charge in [-0.2, -0.15) is 0 Å². The van der Waals surface area contributed by atoms with Gasteiger partial charge in [0.1, 0.15) is 11.9 Å². The lowest BCUT2D eigenvalue weighted by Gasteiger charge is -2.19. The molecule has 0 aliphatic carbocycles. The number of benzene rings is 2. The van der Waals surface area contributed by atoms with Crippen LogP contribution in [0.1, 0.15) is 29.7 Å². The maximum atomic E-state index is 12.4. The van der Waals surface area contributed by atoms with Gasteiger partial charge in [-0.1, -0.05) is 49.4 Å². The monoisotopic (exact) mass is 296 g/mol. The fourth-order valence-electron chi connectivity index (χ4n) is 2.21. The van der Waals surface area contributed by atoms with E-state index >= 15 is 0 Å². The lowest BCUT2D eigenvalue weighted by Crippen LogP contribution is -2.19. The van der Waals surface area contributed by atoms with Crippen LogP contribution < -0.4 is 4.74 Å². The summed E-state index contributed by atoms with van der Waals surface area (Å²) in [5.74, 6) is -0.386. The Morgan fingerprint density at radius 1 is 1.00 bits per heavy atom. The van der Waals surface area contributed by atoms with Crippen LogP contribution in [-0.4, -0.2) is 11.5 Å². The van der Waals surface area contributed by atoms with Crippen LogP contribution in [0.5, 0.6) is 5.75 Å². The third-order valence-corrected chi connectivity index (χ3v) is 3.17. The van der Waals surface area contributed by atoms with Crippen molar-refractivity contribution in [2.24, 2.45) is 0 Å². The number of hydrogen-bond acceptors (Lipinski definition) is 2. The minimum atomic E-state index is -4.79. The molecule has 0 aliphatic rings. The van der Waals surface area contributed by atoms with Gasteiger partial charge in [0, 0.05) is 5.56 Å². The summed E-state index contributed by atoms with van der Waals surface area (Å²) in [6, 6.07) is 12.7.